The Morgan fingerprint density at radius 3 is 2.82 bits per heavy atom. The Bertz CT molecular complexity index is 202. The molecule has 0 atom stereocenters. The number of hydrogen-bond acceptors (Lipinski definition) is 2. The van der Waals surface area contributed by atoms with Gasteiger partial charge in [-0.15, -0.1) is 0 Å². The highest BCUT2D eigenvalue weighted by Crippen LogP contribution is 2.30. The van der Waals surface area contributed by atoms with Crippen LogP contribution < -0.4 is 0 Å². The molecule has 0 aromatic carbocycles. The minimum Gasteiger partial charge on any atom is -0.490 e. The minimum atomic E-state index is 0.244. The van der Waals surface area contributed by atoms with Gasteiger partial charge in [-0.1, -0.05) is 6.42 Å². The van der Waals surface area contributed by atoms with Crippen LogP contribution >= 0.6 is 0 Å². The van der Waals surface area contributed by atoms with Gasteiger partial charge in [-0.05, 0) is 18.9 Å². The van der Waals surface area contributed by atoms with Crippen LogP contribution in [0, 0.1) is 5.92 Å². The van der Waals surface area contributed by atoms with E-state index in [0.717, 1.165) is 19.3 Å². The van der Waals surface area contributed by atoms with Crippen molar-refractivity contribution >= 4 is 5.78 Å². The van der Waals surface area contributed by atoms with Crippen molar-refractivity contribution < 1.29 is 9.53 Å². The highest BCUT2D eigenvalue weighted by molar-refractivity contribution is 5.96. The van der Waals surface area contributed by atoms with Crippen LogP contribution in [0.5, 0.6) is 0 Å². The molecule has 0 aromatic heterocycles. The molecule has 1 aliphatic carbocycles. The third kappa shape index (κ3) is 1.17. The van der Waals surface area contributed by atoms with Gasteiger partial charge in [0.25, 0.3) is 0 Å². The molecule has 11 heavy (non-hydrogen) atoms. The molecule has 0 saturated heterocycles. The molecule has 0 bridgehead atoms. The van der Waals surface area contributed by atoms with E-state index in [-0.39, 0.29) is 5.78 Å². The monoisotopic (exact) mass is 152 g/mol. The van der Waals surface area contributed by atoms with E-state index in [1.54, 1.807) is 0 Å². The Hall–Kier alpha value is -0.790. The highest BCUT2D eigenvalue weighted by atomic mass is 16.5. The molecule has 2 aliphatic rings. The van der Waals surface area contributed by atoms with Crippen LogP contribution in [0.2, 0.25) is 0 Å². The van der Waals surface area contributed by atoms with Crippen molar-refractivity contribution in [3.63, 3.8) is 0 Å². The second-order valence-corrected chi connectivity index (χ2v) is 3.20. The molecule has 1 saturated carbocycles. The maximum absolute atomic E-state index is 11.4. The topological polar surface area (TPSA) is 26.3 Å². The van der Waals surface area contributed by atoms with Crippen molar-refractivity contribution in [1.29, 1.82) is 0 Å². The average Bonchev–Trinajstić information content (AvgIpc) is 2.32. The van der Waals surface area contributed by atoms with Gasteiger partial charge in [0.15, 0.2) is 11.5 Å². The second kappa shape index (κ2) is 2.68. The van der Waals surface area contributed by atoms with Crippen molar-refractivity contribution in [3.05, 3.63) is 11.8 Å². The zero-order valence-corrected chi connectivity index (χ0v) is 6.51. The van der Waals surface area contributed by atoms with E-state index < -0.39 is 0 Å². The van der Waals surface area contributed by atoms with Gasteiger partial charge in [-0.25, -0.2) is 0 Å². The summed E-state index contributed by atoms with van der Waals surface area (Å²) >= 11 is 0. The van der Waals surface area contributed by atoms with E-state index >= 15 is 0 Å². The lowest BCUT2D eigenvalue weighted by Gasteiger charge is -2.23. The van der Waals surface area contributed by atoms with Crippen molar-refractivity contribution in [3.8, 4) is 0 Å². The summed E-state index contributed by atoms with van der Waals surface area (Å²) in [6, 6.07) is 0. The lowest BCUT2D eigenvalue weighted by Crippen LogP contribution is -2.23. The Morgan fingerprint density at radius 2 is 2.36 bits per heavy atom. The van der Waals surface area contributed by atoms with Gasteiger partial charge in [0, 0.05) is 12.3 Å². The number of ether oxygens (including phenoxy) is 1. The van der Waals surface area contributed by atoms with Crippen molar-refractivity contribution in [1.82, 2.24) is 0 Å². The van der Waals surface area contributed by atoms with Gasteiger partial charge >= 0.3 is 0 Å². The van der Waals surface area contributed by atoms with Crippen LogP contribution in [0.4, 0.5) is 0 Å². The van der Waals surface area contributed by atoms with Crippen LogP contribution in [0.25, 0.3) is 0 Å². The van der Waals surface area contributed by atoms with Gasteiger partial charge in [-0.2, -0.15) is 0 Å². The Morgan fingerprint density at radius 1 is 1.55 bits per heavy atom. The van der Waals surface area contributed by atoms with Crippen LogP contribution in [0.15, 0.2) is 11.8 Å². The van der Waals surface area contributed by atoms with Gasteiger partial charge in [0.05, 0.1) is 6.61 Å². The summed E-state index contributed by atoms with van der Waals surface area (Å²) in [4.78, 5) is 11.4. The normalized spacial score (nSPS) is 23.8. The van der Waals surface area contributed by atoms with Gasteiger partial charge in [0.1, 0.15) is 0 Å². The lowest BCUT2D eigenvalue weighted by molar-refractivity contribution is -0.124. The first-order valence-electron chi connectivity index (χ1n) is 4.25. The van der Waals surface area contributed by atoms with E-state index in [0.29, 0.717) is 18.3 Å². The SMILES string of the molecule is O=C(C1=CCCO1)C1CCC1. The fraction of sp³-hybridized carbons (Fsp3) is 0.667. The molecule has 0 amide bonds. The third-order valence-corrected chi connectivity index (χ3v) is 2.42. The maximum Gasteiger partial charge on any atom is 0.200 e. The van der Waals surface area contributed by atoms with E-state index in [1.165, 1.54) is 6.42 Å². The standard InChI is InChI=1S/C9H12O2/c10-9(7-3-1-4-7)8-5-2-6-11-8/h5,7H,1-4,6H2. The molecule has 2 nitrogen and oxygen atoms in total. The van der Waals surface area contributed by atoms with Crippen LogP contribution in [-0.2, 0) is 9.53 Å². The van der Waals surface area contributed by atoms with Crippen molar-refractivity contribution in [2.24, 2.45) is 5.92 Å². The minimum absolute atomic E-state index is 0.244. The summed E-state index contributed by atoms with van der Waals surface area (Å²) in [5, 5.41) is 0. The number of allylic oxidation sites excluding steroid dienone is 1. The molecule has 2 rings (SSSR count). The first-order chi connectivity index (χ1) is 5.38. The zero-order chi connectivity index (χ0) is 7.68. The molecular weight excluding hydrogens is 140 g/mol. The summed E-state index contributed by atoms with van der Waals surface area (Å²) in [5.41, 5.74) is 0. The molecule has 0 unspecified atom stereocenters. The predicted octanol–water partition coefficient (Wildman–Crippen LogP) is 1.66. The quantitative estimate of drug-likeness (QED) is 0.601. The first-order valence-corrected chi connectivity index (χ1v) is 4.25. The highest BCUT2D eigenvalue weighted by Gasteiger charge is 2.29. The summed E-state index contributed by atoms with van der Waals surface area (Å²) < 4.78 is 5.18. The van der Waals surface area contributed by atoms with Crippen LogP contribution in [0.3, 0.4) is 0 Å². The number of hydrogen-bond donors (Lipinski definition) is 0. The molecule has 2 heteroatoms. The molecule has 0 N–H and O–H groups in total. The van der Waals surface area contributed by atoms with E-state index in [2.05, 4.69) is 0 Å². The number of ketones is 1. The zero-order valence-electron chi connectivity index (χ0n) is 6.51. The van der Waals surface area contributed by atoms with Crippen LogP contribution in [0.1, 0.15) is 25.7 Å². The fourth-order valence-electron chi connectivity index (χ4n) is 1.46. The van der Waals surface area contributed by atoms with E-state index in [4.69, 9.17) is 4.74 Å². The maximum atomic E-state index is 11.4. The molecule has 1 aliphatic heterocycles. The van der Waals surface area contributed by atoms with Gasteiger partial charge in [-0.3, -0.25) is 4.79 Å². The smallest absolute Gasteiger partial charge is 0.200 e. The summed E-state index contributed by atoms with van der Waals surface area (Å²) in [5.74, 6) is 1.17. The van der Waals surface area contributed by atoms with E-state index in [9.17, 15) is 4.79 Å². The molecule has 0 aromatic rings. The number of carbonyl (C=O) groups is 1. The van der Waals surface area contributed by atoms with Crippen molar-refractivity contribution in [2.75, 3.05) is 6.61 Å². The molecule has 0 radical (unpaired) electrons. The lowest BCUT2D eigenvalue weighted by atomic mass is 9.81. The molecular formula is C9H12O2. The Balaban J connectivity index is 1.97. The molecule has 1 heterocycles. The van der Waals surface area contributed by atoms with E-state index in [1.807, 2.05) is 6.08 Å². The third-order valence-electron chi connectivity index (χ3n) is 2.42. The number of rotatable bonds is 2. The molecule has 60 valence electrons. The Labute approximate surface area is 66.2 Å². The second-order valence-electron chi connectivity index (χ2n) is 3.20. The largest absolute Gasteiger partial charge is 0.490 e. The predicted molar refractivity (Wildman–Crippen MR) is 41.0 cm³/mol. The Kier molecular flexibility index (Phi) is 1.68. The summed E-state index contributed by atoms with van der Waals surface area (Å²) in [7, 11) is 0. The molecule has 0 spiro atoms. The number of carbonyl (C=O) groups excluding carboxylic acids is 1. The average molecular weight is 152 g/mol. The fourth-order valence-corrected chi connectivity index (χ4v) is 1.46. The number of Topliss-reactive ketones (excluding diaryl/α,β-unsaturated/α-hetero) is 1. The molecule has 1 fully saturated rings. The summed E-state index contributed by atoms with van der Waals surface area (Å²) in [6.07, 6.45) is 6.18. The van der Waals surface area contributed by atoms with Gasteiger partial charge in [0.2, 0.25) is 0 Å². The van der Waals surface area contributed by atoms with Crippen LogP contribution in [-0.4, -0.2) is 12.4 Å². The summed E-state index contributed by atoms with van der Waals surface area (Å²) in [6.45, 7) is 0.702. The van der Waals surface area contributed by atoms with Gasteiger partial charge < -0.3 is 4.74 Å². The van der Waals surface area contributed by atoms with Crippen molar-refractivity contribution in [2.45, 2.75) is 25.7 Å². The first kappa shape index (κ1) is 6.89.